The van der Waals surface area contributed by atoms with E-state index in [9.17, 15) is 29.1 Å². The number of likely N-dealkylation sites (tertiary alicyclic amines) is 1. The maximum Gasteiger partial charge on any atom is 0.410 e. The number of carbonyl (C=O) groups excluding carboxylic acids is 5. The predicted octanol–water partition coefficient (Wildman–Crippen LogP) is 7.53. The van der Waals surface area contributed by atoms with Crippen molar-refractivity contribution in [3.63, 3.8) is 0 Å². The van der Waals surface area contributed by atoms with Crippen LogP contribution in [0.3, 0.4) is 0 Å². The van der Waals surface area contributed by atoms with Crippen molar-refractivity contribution in [2.45, 2.75) is 172 Å². The van der Waals surface area contributed by atoms with E-state index in [4.69, 9.17) is 14.2 Å². The number of nitrogens with one attached hydrogen (secondary N) is 2. The van der Waals surface area contributed by atoms with E-state index in [0.29, 0.717) is 30.2 Å². The quantitative estimate of drug-likeness (QED) is 0.0883. The lowest BCUT2D eigenvalue weighted by Crippen LogP contribution is -2.60. The van der Waals surface area contributed by atoms with Gasteiger partial charge in [0.2, 0.25) is 23.6 Å². The van der Waals surface area contributed by atoms with Gasteiger partial charge in [0.05, 0.1) is 48.8 Å². The number of hydrogen-bond donors (Lipinski definition) is 3. The third-order valence-electron chi connectivity index (χ3n) is 13.9. The number of aromatic nitrogens is 1. The van der Waals surface area contributed by atoms with Gasteiger partial charge in [0.1, 0.15) is 23.2 Å². The van der Waals surface area contributed by atoms with E-state index in [2.05, 4.69) is 15.6 Å². The summed E-state index contributed by atoms with van der Waals surface area (Å²) in [7, 11) is 9.81. The van der Waals surface area contributed by atoms with Crippen LogP contribution in [0.2, 0.25) is 0 Å². The van der Waals surface area contributed by atoms with Crippen molar-refractivity contribution in [2.24, 2.45) is 23.7 Å². The standard InChI is InChI=1S/C51H80N6O9S2/c1-13-33(6)45(40(64-11)30-42(58)57-29-19-22-39(57)47(65-12)34(7)48(60)53-35(8)46(59)36-20-15-14-16-21-36)55(9)50(62)43(31(2)3)54-49(61)44(32(4)5)56(10)51(63)66-37-24-26-38(27-25-37)67-68-41-23-17-18-28-52-41/h14-18,20-21,23,28,31-35,37-40,43-47,59H,13,19,22,24-27,29-30H2,1-12H3,(H,53,60)(H,54,61)/t33-,34+,35+,37?,38?,39-,40+,43-,44-,45-,46+,47+/m0/s1. The van der Waals surface area contributed by atoms with Gasteiger partial charge in [-0.1, -0.05) is 102 Å². The summed E-state index contributed by atoms with van der Waals surface area (Å²) in [5.74, 6) is -2.59. The summed E-state index contributed by atoms with van der Waals surface area (Å²) in [5, 5.41) is 18.3. The minimum absolute atomic E-state index is 0.0252. The van der Waals surface area contributed by atoms with Crippen LogP contribution >= 0.6 is 21.6 Å². The summed E-state index contributed by atoms with van der Waals surface area (Å²) < 4.78 is 18.0. The average molecular weight is 985 g/mol. The van der Waals surface area contributed by atoms with Gasteiger partial charge >= 0.3 is 6.09 Å². The first kappa shape index (κ1) is 56.7. The largest absolute Gasteiger partial charge is 0.446 e. The fraction of sp³-hybridized carbons (Fsp3) is 0.686. The van der Waals surface area contributed by atoms with Crippen molar-refractivity contribution >= 4 is 51.3 Å². The van der Waals surface area contributed by atoms with Gasteiger partial charge in [-0.3, -0.25) is 24.1 Å². The molecule has 0 radical (unpaired) electrons. The number of amides is 5. The van der Waals surface area contributed by atoms with E-state index in [1.807, 2.05) is 90.1 Å². The second-order valence-electron chi connectivity index (χ2n) is 19.4. The SMILES string of the molecule is CC[C@H](C)[C@@H]([C@@H](CC(=O)N1CCC[C@H]1[C@H](OC)[C@@H](C)C(=O)N[C@H](C)[C@@H](O)c1ccccc1)OC)N(C)C(=O)[C@@H](NC(=O)[C@H](C(C)C)N(C)C(=O)OC1CCC(SSc2ccccn2)CC1)C(C)C. The molecule has 1 saturated carbocycles. The molecule has 0 bridgehead atoms. The Kier molecular flexibility index (Phi) is 22.9. The number of ether oxygens (including phenoxy) is 3. The third-order valence-corrected chi connectivity index (χ3v) is 16.7. The fourth-order valence-electron chi connectivity index (χ4n) is 9.68. The molecule has 1 aliphatic carbocycles. The first-order chi connectivity index (χ1) is 32.3. The van der Waals surface area contributed by atoms with Crippen LogP contribution in [0, 0.1) is 23.7 Å². The molecule has 1 aliphatic heterocycles. The zero-order valence-corrected chi connectivity index (χ0v) is 44.1. The lowest BCUT2D eigenvalue weighted by Gasteiger charge is -2.41. The highest BCUT2D eigenvalue weighted by Crippen LogP contribution is 2.40. The second kappa shape index (κ2) is 27.5. The van der Waals surface area contributed by atoms with Gasteiger partial charge in [0, 0.05) is 46.3 Å². The Balaban J connectivity index is 1.40. The number of pyridine rings is 1. The van der Waals surface area contributed by atoms with Crippen LogP contribution < -0.4 is 10.6 Å². The van der Waals surface area contributed by atoms with Crippen LogP contribution in [-0.2, 0) is 33.4 Å². The van der Waals surface area contributed by atoms with E-state index >= 15 is 0 Å². The van der Waals surface area contributed by atoms with Crippen molar-refractivity contribution in [1.82, 2.24) is 30.3 Å². The highest BCUT2D eigenvalue weighted by Gasteiger charge is 2.44. The van der Waals surface area contributed by atoms with Gasteiger partial charge in [-0.25, -0.2) is 9.78 Å². The van der Waals surface area contributed by atoms with E-state index in [1.165, 1.54) is 4.90 Å². The molecule has 2 aromatic rings. The molecule has 4 rings (SSSR count). The molecular weight excluding hydrogens is 905 g/mol. The van der Waals surface area contributed by atoms with Gasteiger partial charge < -0.3 is 39.8 Å². The lowest BCUT2D eigenvalue weighted by molar-refractivity contribution is -0.148. The molecule has 1 saturated heterocycles. The molecule has 3 N–H and O–H groups in total. The number of rotatable bonds is 24. The summed E-state index contributed by atoms with van der Waals surface area (Å²) in [6.07, 6.45) is 4.03. The van der Waals surface area contributed by atoms with E-state index in [1.54, 1.807) is 79.7 Å². The number of aliphatic hydroxyl groups is 1. The van der Waals surface area contributed by atoms with Gasteiger partial charge in [0.15, 0.2) is 0 Å². The molecule has 10 atom stereocenters. The summed E-state index contributed by atoms with van der Waals surface area (Å²) in [5.41, 5.74) is 0.696. The maximum atomic E-state index is 14.7. The van der Waals surface area contributed by atoms with Crippen molar-refractivity contribution in [1.29, 1.82) is 0 Å². The molecule has 2 heterocycles. The summed E-state index contributed by atoms with van der Waals surface area (Å²) in [4.78, 5) is 79.6. The lowest BCUT2D eigenvalue weighted by atomic mass is 9.89. The normalized spacial score (nSPS) is 21.4. The van der Waals surface area contributed by atoms with Gasteiger partial charge in [0.25, 0.3) is 0 Å². The van der Waals surface area contributed by atoms with Crippen molar-refractivity contribution in [2.75, 3.05) is 34.9 Å². The smallest absolute Gasteiger partial charge is 0.410 e. The number of methoxy groups -OCH3 is 2. The van der Waals surface area contributed by atoms with Crippen LogP contribution in [0.1, 0.15) is 118 Å². The number of hydrogen-bond acceptors (Lipinski definition) is 12. The molecule has 1 aromatic heterocycles. The van der Waals surface area contributed by atoms with E-state index in [0.717, 1.165) is 37.1 Å². The molecular formula is C51H80N6O9S2. The molecule has 0 unspecified atom stereocenters. The molecule has 2 aliphatic rings. The highest BCUT2D eigenvalue weighted by atomic mass is 33.1. The third kappa shape index (κ3) is 15.3. The topological polar surface area (TPSA) is 180 Å². The molecule has 17 heteroatoms. The molecule has 15 nitrogen and oxygen atoms in total. The minimum Gasteiger partial charge on any atom is -0.446 e. The number of carbonyl (C=O) groups is 5. The Morgan fingerprint density at radius 1 is 0.838 bits per heavy atom. The first-order valence-corrected chi connectivity index (χ1v) is 26.7. The second-order valence-corrected chi connectivity index (χ2v) is 21.9. The first-order valence-electron chi connectivity index (χ1n) is 24.5. The molecule has 380 valence electrons. The minimum atomic E-state index is -0.941. The van der Waals surface area contributed by atoms with Crippen LogP contribution in [0.4, 0.5) is 4.79 Å². The molecule has 68 heavy (non-hydrogen) atoms. The number of likely N-dealkylation sites (N-methyl/N-ethyl adjacent to an activating group) is 2. The van der Waals surface area contributed by atoms with Crippen LogP contribution in [0.25, 0.3) is 0 Å². The summed E-state index contributed by atoms with van der Waals surface area (Å²) >= 11 is 0. The Hall–Kier alpha value is -3.90. The zero-order chi connectivity index (χ0) is 50.2. The maximum absolute atomic E-state index is 14.7. The Labute approximate surface area is 413 Å². The molecule has 2 fully saturated rings. The van der Waals surface area contributed by atoms with Crippen molar-refractivity contribution < 1.29 is 43.3 Å². The average Bonchev–Trinajstić information content (AvgIpc) is 3.82. The molecule has 1 aromatic carbocycles. The fourth-order valence-corrected chi connectivity index (χ4v) is 12.2. The summed E-state index contributed by atoms with van der Waals surface area (Å²) in [6, 6.07) is 11.7. The van der Waals surface area contributed by atoms with Gasteiger partial charge in [-0.15, -0.1) is 0 Å². The van der Waals surface area contributed by atoms with Gasteiger partial charge in [-0.05, 0) is 91.7 Å². The van der Waals surface area contributed by atoms with Crippen molar-refractivity contribution in [3.05, 3.63) is 60.3 Å². The molecule has 0 spiro atoms. The monoisotopic (exact) mass is 985 g/mol. The van der Waals surface area contributed by atoms with Crippen LogP contribution in [-0.4, -0.2) is 143 Å². The summed E-state index contributed by atoms with van der Waals surface area (Å²) in [6.45, 7) is 15.5. The van der Waals surface area contributed by atoms with E-state index in [-0.39, 0.29) is 54.0 Å². The Bertz CT molecular complexity index is 1890. The number of aliphatic hydroxyl groups excluding tert-OH is 1. The van der Waals surface area contributed by atoms with Crippen LogP contribution in [0.15, 0.2) is 59.8 Å². The predicted molar refractivity (Wildman–Crippen MR) is 268 cm³/mol. The Morgan fingerprint density at radius 3 is 2.07 bits per heavy atom. The van der Waals surface area contributed by atoms with Gasteiger partial charge in [-0.2, -0.15) is 0 Å². The van der Waals surface area contributed by atoms with Crippen LogP contribution in [0.5, 0.6) is 0 Å². The highest BCUT2D eigenvalue weighted by molar-refractivity contribution is 8.76. The number of benzene rings is 1. The molecule has 5 amide bonds. The zero-order valence-electron chi connectivity index (χ0n) is 42.5. The van der Waals surface area contributed by atoms with E-state index < -0.39 is 60.4 Å². The Morgan fingerprint density at radius 2 is 1.50 bits per heavy atom. The number of nitrogens with zero attached hydrogens (tertiary/aromatic N) is 4. The van der Waals surface area contributed by atoms with Crippen molar-refractivity contribution in [3.8, 4) is 0 Å².